The molecule has 1 fully saturated rings. The Morgan fingerprint density at radius 2 is 2.00 bits per heavy atom. The maximum atomic E-state index is 12.6. The van der Waals surface area contributed by atoms with E-state index in [2.05, 4.69) is 25.3 Å². The molecular formula is C22H24ClN7O. The zero-order chi connectivity index (χ0) is 21.8. The van der Waals surface area contributed by atoms with E-state index in [0.717, 1.165) is 24.3 Å². The molecule has 160 valence electrons. The van der Waals surface area contributed by atoms with E-state index < -0.39 is 0 Å². The average Bonchev–Trinajstić information content (AvgIpc) is 3.56. The maximum Gasteiger partial charge on any atom is 0.272 e. The molecule has 0 spiro atoms. The summed E-state index contributed by atoms with van der Waals surface area (Å²) in [7, 11) is 0. The largest absolute Gasteiger partial charge is 0.353 e. The number of hydrogen-bond donors (Lipinski definition) is 1. The van der Waals surface area contributed by atoms with Crippen molar-refractivity contribution in [1.82, 2.24) is 29.5 Å². The predicted molar refractivity (Wildman–Crippen MR) is 121 cm³/mol. The van der Waals surface area contributed by atoms with Crippen molar-refractivity contribution in [3.63, 3.8) is 0 Å². The standard InChI is InChI=1S/C20H18ClN7O.C2H6/c21-14-3-4-18(23-12-14)28-10-6-16(25-28)20(29)24-15-5-9-27(13-15)19-17-2-1-8-26(17)11-7-22-19;1-2/h1-4,6-8,10-12,15H,5,9,13H2,(H,24,29);1-2H3. The number of aromatic nitrogens is 5. The number of nitrogens with zero attached hydrogens (tertiary/aromatic N) is 6. The summed E-state index contributed by atoms with van der Waals surface area (Å²) in [6, 6.07) is 9.26. The third-order valence-corrected chi connectivity index (χ3v) is 5.25. The Balaban J connectivity index is 0.00000112. The fourth-order valence-corrected chi connectivity index (χ4v) is 3.72. The molecule has 0 aliphatic carbocycles. The summed E-state index contributed by atoms with van der Waals surface area (Å²) < 4.78 is 3.61. The molecule has 1 unspecified atom stereocenters. The Morgan fingerprint density at radius 3 is 2.81 bits per heavy atom. The molecule has 1 amide bonds. The van der Waals surface area contributed by atoms with E-state index in [1.807, 2.05) is 42.8 Å². The number of nitrogens with one attached hydrogen (secondary N) is 1. The number of carbonyl (C=O) groups is 1. The summed E-state index contributed by atoms with van der Waals surface area (Å²) in [6.07, 6.45) is 9.84. The van der Waals surface area contributed by atoms with Crippen LogP contribution in [0.4, 0.5) is 5.82 Å². The van der Waals surface area contributed by atoms with Crippen molar-refractivity contribution >= 4 is 28.8 Å². The summed E-state index contributed by atoms with van der Waals surface area (Å²) in [6.45, 7) is 5.55. The van der Waals surface area contributed by atoms with Crippen molar-refractivity contribution in [3.8, 4) is 5.82 Å². The molecule has 8 nitrogen and oxygen atoms in total. The molecule has 4 aromatic heterocycles. The summed E-state index contributed by atoms with van der Waals surface area (Å²) in [5.74, 6) is 1.35. The normalized spacial score (nSPS) is 15.6. The molecule has 4 aromatic rings. The zero-order valence-corrected chi connectivity index (χ0v) is 18.2. The summed E-state index contributed by atoms with van der Waals surface area (Å²) >= 11 is 5.87. The number of anilines is 1. The van der Waals surface area contributed by atoms with Gasteiger partial charge in [0.25, 0.3) is 5.91 Å². The monoisotopic (exact) mass is 437 g/mol. The lowest BCUT2D eigenvalue weighted by atomic mass is 10.2. The molecule has 0 saturated carbocycles. The van der Waals surface area contributed by atoms with Crippen LogP contribution in [0.5, 0.6) is 0 Å². The number of carbonyl (C=O) groups excluding carboxylic acids is 1. The number of amides is 1. The zero-order valence-electron chi connectivity index (χ0n) is 17.4. The van der Waals surface area contributed by atoms with Crippen LogP contribution in [0.15, 0.2) is 61.3 Å². The summed E-state index contributed by atoms with van der Waals surface area (Å²) in [5.41, 5.74) is 1.42. The van der Waals surface area contributed by atoms with Crippen LogP contribution in [-0.2, 0) is 0 Å². The number of pyridine rings is 1. The number of fused-ring (bicyclic) bond motifs is 1. The molecule has 1 atom stereocenters. The van der Waals surface area contributed by atoms with Crippen LogP contribution in [0.1, 0.15) is 30.8 Å². The predicted octanol–water partition coefficient (Wildman–Crippen LogP) is 3.60. The fraction of sp³-hybridized carbons (Fsp3) is 0.273. The quantitative estimate of drug-likeness (QED) is 0.527. The maximum absolute atomic E-state index is 12.6. The first-order chi connectivity index (χ1) is 15.2. The molecule has 9 heteroatoms. The molecule has 5 rings (SSSR count). The highest BCUT2D eigenvalue weighted by atomic mass is 35.5. The molecule has 1 N–H and O–H groups in total. The van der Waals surface area contributed by atoms with Crippen LogP contribution in [0, 0.1) is 0 Å². The molecule has 0 aromatic carbocycles. The SMILES string of the molecule is CC.O=C(NC1CCN(c2nccn3cccc23)C1)c1ccn(-c2ccc(Cl)cn2)n1. The second kappa shape index (κ2) is 9.18. The van der Waals surface area contributed by atoms with E-state index >= 15 is 0 Å². The van der Waals surface area contributed by atoms with Crippen LogP contribution in [0.2, 0.25) is 5.02 Å². The molecular weight excluding hydrogens is 414 g/mol. The molecule has 1 aliphatic heterocycles. The van der Waals surface area contributed by atoms with E-state index in [1.165, 1.54) is 0 Å². The molecule has 0 bridgehead atoms. The topological polar surface area (TPSA) is 80.4 Å². The number of halogens is 1. The van der Waals surface area contributed by atoms with Crippen molar-refractivity contribution in [2.24, 2.45) is 0 Å². The van der Waals surface area contributed by atoms with Gasteiger partial charge in [-0.1, -0.05) is 25.4 Å². The lowest BCUT2D eigenvalue weighted by Gasteiger charge is -2.18. The molecule has 31 heavy (non-hydrogen) atoms. The lowest BCUT2D eigenvalue weighted by Crippen LogP contribution is -2.37. The van der Waals surface area contributed by atoms with E-state index in [9.17, 15) is 4.79 Å². The van der Waals surface area contributed by atoms with Crippen LogP contribution in [-0.4, -0.2) is 49.2 Å². The molecule has 1 saturated heterocycles. The van der Waals surface area contributed by atoms with Gasteiger partial charge in [0.2, 0.25) is 0 Å². The molecule has 1 aliphatic rings. The minimum absolute atomic E-state index is 0.0401. The van der Waals surface area contributed by atoms with Crippen molar-refractivity contribution in [3.05, 3.63) is 72.0 Å². The Morgan fingerprint density at radius 1 is 1.13 bits per heavy atom. The minimum atomic E-state index is -0.196. The smallest absolute Gasteiger partial charge is 0.272 e. The van der Waals surface area contributed by atoms with E-state index in [1.54, 1.807) is 41.5 Å². The van der Waals surface area contributed by atoms with Crippen molar-refractivity contribution in [2.45, 2.75) is 26.3 Å². The Labute approximate surface area is 185 Å². The number of hydrogen-bond acceptors (Lipinski definition) is 5. The van der Waals surface area contributed by atoms with Gasteiger partial charge in [-0.15, -0.1) is 0 Å². The van der Waals surface area contributed by atoms with E-state index in [4.69, 9.17) is 11.6 Å². The van der Waals surface area contributed by atoms with Crippen molar-refractivity contribution in [2.75, 3.05) is 18.0 Å². The second-order valence-corrected chi connectivity index (χ2v) is 7.37. The van der Waals surface area contributed by atoms with E-state index in [-0.39, 0.29) is 11.9 Å². The Bertz CT molecular complexity index is 1170. The minimum Gasteiger partial charge on any atom is -0.353 e. The highest BCUT2D eigenvalue weighted by molar-refractivity contribution is 6.30. The Kier molecular flexibility index (Phi) is 6.18. The molecule has 5 heterocycles. The van der Waals surface area contributed by atoms with Gasteiger partial charge < -0.3 is 14.6 Å². The fourth-order valence-electron chi connectivity index (χ4n) is 3.60. The Hall–Kier alpha value is -3.39. The third-order valence-electron chi connectivity index (χ3n) is 5.02. The van der Waals surface area contributed by atoms with Crippen molar-refractivity contribution < 1.29 is 4.79 Å². The van der Waals surface area contributed by atoms with Gasteiger partial charge in [0.05, 0.1) is 10.5 Å². The first-order valence-corrected chi connectivity index (χ1v) is 10.7. The van der Waals surface area contributed by atoms with Gasteiger partial charge in [0.1, 0.15) is 0 Å². The van der Waals surface area contributed by atoms with Gasteiger partial charge in [0, 0.05) is 50.1 Å². The summed E-state index contributed by atoms with van der Waals surface area (Å²) in [4.78, 5) is 23.6. The van der Waals surface area contributed by atoms with Crippen molar-refractivity contribution in [1.29, 1.82) is 0 Å². The van der Waals surface area contributed by atoms with Gasteiger partial charge >= 0.3 is 0 Å². The van der Waals surface area contributed by atoms with Crippen LogP contribution in [0.25, 0.3) is 11.3 Å². The highest BCUT2D eigenvalue weighted by Gasteiger charge is 2.27. The van der Waals surface area contributed by atoms with Gasteiger partial charge in [-0.2, -0.15) is 5.10 Å². The third kappa shape index (κ3) is 4.39. The van der Waals surface area contributed by atoms with Crippen LogP contribution >= 0.6 is 11.6 Å². The van der Waals surface area contributed by atoms with Crippen LogP contribution in [0.3, 0.4) is 0 Å². The van der Waals surface area contributed by atoms with Gasteiger partial charge in [-0.25, -0.2) is 14.6 Å². The summed E-state index contributed by atoms with van der Waals surface area (Å²) in [5, 5.41) is 7.96. The first-order valence-electron chi connectivity index (χ1n) is 10.3. The van der Waals surface area contributed by atoms with Gasteiger partial charge in [0.15, 0.2) is 17.3 Å². The second-order valence-electron chi connectivity index (χ2n) is 6.94. The average molecular weight is 438 g/mol. The lowest BCUT2D eigenvalue weighted by molar-refractivity contribution is 0.0935. The molecule has 0 radical (unpaired) electrons. The van der Waals surface area contributed by atoms with Gasteiger partial charge in [-0.3, -0.25) is 4.79 Å². The first kappa shape index (κ1) is 20.9. The van der Waals surface area contributed by atoms with Gasteiger partial charge in [-0.05, 0) is 36.8 Å². The highest BCUT2D eigenvalue weighted by Crippen LogP contribution is 2.23. The van der Waals surface area contributed by atoms with E-state index in [0.29, 0.717) is 23.1 Å². The van der Waals surface area contributed by atoms with Crippen LogP contribution < -0.4 is 10.2 Å². The number of rotatable bonds is 4.